The molecule has 6 nitrogen and oxygen atoms in total. The van der Waals surface area contributed by atoms with E-state index < -0.39 is 7.82 Å². The molecule has 0 spiro atoms. The monoisotopic (exact) mass is 378 g/mol. The van der Waals surface area contributed by atoms with Gasteiger partial charge in [0.1, 0.15) is 0 Å². The molecule has 0 fully saturated rings. The summed E-state index contributed by atoms with van der Waals surface area (Å²) in [6.45, 7) is 10.5. The molecule has 0 radical (unpaired) electrons. The summed E-state index contributed by atoms with van der Waals surface area (Å²) >= 11 is 0. The number of hydrogen-bond donors (Lipinski definition) is 1. The van der Waals surface area contributed by atoms with E-state index in [0.29, 0.717) is 0 Å². The third-order valence-electron chi connectivity index (χ3n) is 3.93. The molecule has 150 valence electrons. The number of unbranched alkanes of at least 4 members (excludes halogenated alkanes) is 2. The lowest BCUT2D eigenvalue weighted by atomic mass is 9.96. The normalized spacial score (nSPS) is 15.3. The summed E-state index contributed by atoms with van der Waals surface area (Å²) in [6.07, 6.45) is 12.7. The van der Waals surface area contributed by atoms with Crippen molar-refractivity contribution < 1.29 is 18.5 Å². The van der Waals surface area contributed by atoms with Crippen LogP contribution >= 0.6 is 7.82 Å². The first-order chi connectivity index (χ1) is 11.9. The van der Waals surface area contributed by atoms with Crippen LogP contribution in [0, 0.1) is 5.92 Å². The maximum atomic E-state index is 10.5. The van der Waals surface area contributed by atoms with Gasteiger partial charge >= 0.3 is 7.82 Å². The molecule has 25 heavy (non-hydrogen) atoms. The van der Waals surface area contributed by atoms with Crippen LogP contribution in [0.1, 0.15) is 66.2 Å². The van der Waals surface area contributed by atoms with Crippen LogP contribution in [0.15, 0.2) is 12.4 Å². The van der Waals surface area contributed by atoms with Gasteiger partial charge in [-0.1, -0.05) is 39.5 Å². The number of nitrogens with zero attached hydrogens (tertiary/aromatic N) is 2. The zero-order chi connectivity index (χ0) is 19.1. The van der Waals surface area contributed by atoms with E-state index in [9.17, 15) is 4.57 Å². The molecule has 0 bridgehead atoms. The number of rotatable bonds is 12. The van der Waals surface area contributed by atoms with Gasteiger partial charge in [0.25, 0.3) is 0 Å². The van der Waals surface area contributed by atoms with Crippen molar-refractivity contribution in [1.29, 1.82) is 0 Å². The first-order valence-corrected chi connectivity index (χ1v) is 11.1. The molecule has 0 amide bonds. The van der Waals surface area contributed by atoms with Gasteiger partial charge < -0.3 is 14.7 Å². The third-order valence-corrected chi connectivity index (χ3v) is 5.10. The van der Waals surface area contributed by atoms with Crippen LogP contribution in [0.4, 0.5) is 0 Å². The van der Waals surface area contributed by atoms with Crippen molar-refractivity contribution in [1.82, 2.24) is 9.80 Å². The van der Waals surface area contributed by atoms with E-state index >= 15 is 0 Å². The van der Waals surface area contributed by atoms with E-state index in [1.807, 2.05) is 0 Å². The molecule has 1 N–H and O–H groups in total. The minimum Gasteiger partial charge on any atom is -0.362 e. The Hall–Kier alpha value is -0.550. The molecule has 0 saturated carbocycles. The molecule has 7 heteroatoms. The Bertz CT molecular complexity index is 383. The Morgan fingerprint density at radius 1 is 1.04 bits per heavy atom. The van der Waals surface area contributed by atoms with Crippen LogP contribution in [0.3, 0.4) is 0 Å². The molecule has 1 aliphatic rings. The third kappa shape index (κ3) is 13.3. The standard InChI is InChI=1S/C14H28N2.C4H11O4P/c1-4-6-7-9-14(8-5-2)12-16-11-10-15(3)13-16;1-3-7-9(5,6)8-4-2/h10-11,14H,4-9,12-13H2,1-3H3;3-4H2,1-2H3,(H,5,6). The van der Waals surface area contributed by atoms with Gasteiger partial charge in [-0.3, -0.25) is 9.05 Å². The minimum atomic E-state index is -3.69. The Kier molecular flexibility index (Phi) is 14.3. The molecule has 0 aromatic heterocycles. The maximum absolute atomic E-state index is 10.5. The van der Waals surface area contributed by atoms with Crippen molar-refractivity contribution in [2.45, 2.75) is 66.2 Å². The van der Waals surface area contributed by atoms with Crippen LogP contribution in [-0.4, -0.2) is 48.2 Å². The highest BCUT2D eigenvalue weighted by Crippen LogP contribution is 2.42. The minimum absolute atomic E-state index is 0.188. The highest BCUT2D eigenvalue weighted by molar-refractivity contribution is 7.47. The van der Waals surface area contributed by atoms with Crippen LogP contribution in [0.2, 0.25) is 0 Å². The molecule has 0 aromatic carbocycles. The van der Waals surface area contributed by atoms with Crippen LogP contribution in [0.25, 0.3) is 0 Å². The summed E-state index contributed by atoms with van der Waals surface area (Å²) in [4.78, 5) is 13.3. The summed E-state index contributed by atoms with van der Waals surface area (Å²) < 4.78 is 19.2. The van der Waals surface area contributed by atoms with Crippen LogP contribution in [0.5, 0.6) is 0 Å². The molecule has 0 aliphatic carbocycles. The average Bonchev–Trinajstić information content (AvgIpc) is 2.93. The summed E-state index contributed by atoms with van der Waals surface area (Å²) in [6, 6.07) is 0. The maximum Gasteiger partial charge on any atom is 0.472 e. The van der Waals surface area contributed by atoms with E-state index in [2.05, 4.69) is 52.1 Å². The molecular formula is C18H39N2O4P. The Balaban J connectivity index is 0.000000547. The van der Waals surface area contributed by atoms with Crippen molar-refractivity contribution in [3.8, 4) is 0 Å². The van der Waals surface area contributed by atoms with Crippen molar-refractivity contribution >= 4 is 7.82 Å². The number of phosphoric ester groups is 1. The van der Waals surface area contributed by atoms with Gasteiger partial charge in [-0.25, -0.2) is 4.57 Å². The largest absolute Gasteiger partial charge is 0.472 e. The van der Waals surface area contributed by atoms with E-state index in [4.69, 9.17) is 4.89 Å². The second-order valence-electron chi connectivity index (χ2n) is 6.42. The average molecular weight is 378 g/mol. The van der Waals surface area contributed by atoms with Crippen LogP contribution < -0.4 is 0 Å². The van der Waals surface area contributed by atoms with Crippen molar-refractivity contribution in [3.63, 3.8) is 0 Å². The molecule has 1 unspecified atom stereocenters. The summed E-state index contributed by atoms with van der Waals surface area (Å²) in [5.41, 5.74) is 0. The zero-order valence-corrected chi connectivity index (χ0v) is 17.7. The van der Waals surface area contributed by atoms with Crippen molar-refractivity contribution in [3.05, 3.63) is 12.4 Å². The van der Waals surface area contributed by atoms with Crippen molar-refractivity contribution in [2.24, 2.45) is 5.92 Å². The van der Waals surface area contributed by atoms with Gasteiger partial charge in [-0.15, -0.1) is 0 Å². The highest BCUT2D eigenvalue weighted by atomic mass is 31.2. The molecule has 1 rings (SSSR count). The summed E-state index contributed by atoms with van der Waals surface area (Å²) in [5, 5.41) is 0. The smallest absolute Gasteiger partial charge is 0.362 e. The molecular weight excluding hydrogens is 339 g/mol. The molecule has 1 heterocycles. The lowest BCUT2D eigenvalue weighted by molar-refractivity contribution is 0.161. The summed E-state index contributed by atoms with van der Waals surface area (Å²) in [7, 11) is -1.55. The fourth-order valence-corrected chi connectivity index (χ4v) is 3.55. The van der Waals surface area contributed by atoms with Gasteiger partial charge in [0.05, 0.1) is 19.9 Å². The SMILES string of the molecule is CCCCCC(CCC)CN1C=CN(C)C1.CCOP(=O)(O)OCC. The molecule has 0 aromatic rings. The van der Waals surface area contributed by atoms with Gasteiger partial charge in [0.15, 0.2) is 0 Å². The van der Waals surface area contributed by atoms with E-state index in [1.165, 1.54) is 45.1 Å². The Morgan fingerprint density at radius 2 is 1.68 bits per heavy atom. The highest BCUT2D eigenvalue weighted by Gasteiger charge is 2.17. The molecule has 1 aliphatic heterocycles. The quantitative estimate of drug-likeness (QED) is 0.388. The lowest BCUT2D eigenvalue weighted by Gasteiger charge is -2.24. The number of hydrogen-bond acceptors (Lipinski definition) is 5. The predicted octanol–water partition coefficient (Wildman–Crippen LogP) is 4.82. The topological polar surface area (TPSA) is 62.2 Å². The number of phosphoric acid groups is 1. The van der Waals surface area contributed by atoms with Crippen LogP contribution in [-0.2, 0) is 13.6 Å². The fourth-order valence-electron chi connectivity index (χ4n) is 2.82. The first-order valence-electron chi connectivity index (χ1n) is 9.62. The fraction of sp³-hybridized carbons (Fsp3) is 0.889. The Morgan fingerprint density at radius 3 is 2.12 bits per heavy atom. The van der Waals surface area contributed by atoms with Gasteiger partial charge in [-0.2, -0.15) is 0 Å². The van der Waals surface area contributed by atoms with Gasteiger partial charge in [0, 0.05) is 26.0 Å². The van der Waals surface area contributed by atoms with Gasteiger partial charge in [-0.05, 0) is 32.6 Å². The van der Waals surface area contributed by atoms with E-state index in [1.54, 1.807) is 13.8 Å². The zero-order valence-electron chi connectivity index (χ0n) is 16.8. The van der Waals surface area contributed by atoms with Crippen molar-refractivity contribution in [2.75, 3.05) is 33.5 Å². The lowest BCUT2D eigenvalue weighted by Crippen LogP contribution is -2.27. The molecule has 1 atom stereocenters. The first kappa shape index (κ1) is 24.5. The van der Waals surface area contributed by atoms with E-state index in [0.717, 1.165) is 12.6 Å². The Labute approximate surface area is 154 Å². The van der Waals surface area contributed by atoms with E-state index in [-0.39, 0.29) is 13.2 Å². The predicted molar refractivity (Wildman–Crippen MR) is 104 cm³/mol. The second kappa shape index (κ2) is 14.6. The molecule has 0 saturated heterocycles. The second-order valence-corrected chi connectivity index (χ2v) is 7.88. The summed E-state index contributed by atoms with van der Waals surface area (Å²) in [5.74, 6) is 0.896. The van der Waals surface area contributed by atoms with Gasteiger partial charge in [0.2, 0.25) is 0 Å².